The molecule has 0 unspecified atom stereocenters. The van der Waals surface area contributed by atoms with Crippen LogP contribution < -0.4 is 9.47 Å². The molecule has 0 amide bonds. The van der Waals surface area contributed by atoms with Crippen molar-refractivity contribution in [2.24, 2.45) is 0 Å². The molecule has 0 aromatic heterocycles. The third-order valence-electron chi connectivity index (χ3n) is 3.94. The average Bonchev–Trinajstić information content (AvgIpc) is 3.02. The molecule has 2 aromatic rings. The molecule has 0 radical (unpaired) electrons. The second-order valence-electron chi connectivity index (χ2n) is 5.95. The molecule has 5 heteroatoms. The molecule has 136 valence electrons. The van der Waals surface area contributed by atoms with Gasteiger partial charge < -0.3 is 14.2 Å². The predicted octanol–water partition coefficient (Wildman–Crippen LogP) is 4.28. The number of nitriles is 1. The Morgan fingerprint density at radius 3 is 2.59 bits per heavy atom. The van der Waals surface area contributed by atoms with Crippen LogP contribution in [0.4, 0.5) is 0 Å². The number of hydrogen-bond acceptors (Lipinski definition) is 5. The van der Waals surface area contributed by atoms with Crippen molar-refractivity contribution in [3.63, 3.8) is 0 Å². The Kier molecular flexibility index (Phi) is 5.58. The molecule has 0 saturated carbocycles. The van der Waals surface area contributed by atoms with E-state index >= 15 is 0 Å². The van der Waals surface area contributed by atoms with Gasteiger partial charge in [0.2, 0.25) is 0 Å². The lowest BCUT2D eigenvalue weighted by atomic mass is 10.1. The lowest BCUT2D eigenvalue weighted by molar-refractivity contribution is -0.130. The molecule has 0 aliphatic carbocycles. The Morgan fingerprint density at radius 2 is 1.89 bits per heavy atom. The lowest BCUT2D eigenvalue weighted by Gasteiger charge is -2.10. The molecule has 1 aliphatic rings. The van der Waals surface area contributed by atoms with Gasteiger partial charge >= 0.3 is 5.97 Å². The number of aryl methyl sites for hydroxylation is 1. The highest BCUT2D eigenvalue weighted by Gasteiger charge is 2.22. The molecule has 0 atom stereocenters. The topological polar surface area (TPSA) is 68.6 Å². The highest BCUT2D eigenvalue weighted by atomic mass is 16.5. The number of esters is 1. The number of rotatable bonds is 6. The van der Waals surface area contributed by atoms with E-state index in [-0.39, 0.29) is 6.61 Å². The van der Waals surface area contributed by atoms with Crippen molar-refractivity contribution in [1.29, 1.82) is 5.26 Å². The molecule has 1 heterocycles. The Hall–Kier alpha value is -3.52. The predicted molar refractivity (Wildman–Crippen MR) is 102 cm³/mol. The van der Waals surface area contributed by atoms with Gasteiger partial charge in [0.25, 0.3) is 0 Å². The summed E-state index contributed by atoms with van der Waals surface area (Å²) < 4.78 is 16.3. The lowest BCUT2D eigenvalue weighted by Crippen LogP contribution is -2.00. The summed E-state index contributed by atoms with van der Waals surface area (Å²) in [6, 6.07) is 15.0. The smallest absolute Gasteiger partial charge is 0.343 e. The fraction of sp³-hybridized carbons (Fsp3) is 0.182. The normalized spacial score (nSPS) is 14.5. The van der Waals surface area contributed by atoms with Crippen LogP contribution in [0.2, 0.25) is 0 Å². The molecule has 1 aliphatic heterocycles. The van der Waals surface area contributed by atoms with Crippen molar-refractivity contribution in [2.45, 2.75) is 13.8 Å². The second kappa shape index (κ2) is 8.24. The van der Waals surface area contributed by atoms with Gasteiger partial charge in [-0.25, -0.2) is 4.79 Å². The second-order valence-corrected chi connectivity index (χ2v) is 5.95. The quantitative estimate of drug-likeness (QED) is 0.567. The summed E-state index contributed by atoms with van der Waals surface area (Å²) in [5.41, 5.74) is 3.23. The van der Waals surface area contributed by atoms with E-state index in [1.165, 1.54) is 0 Å². The van der Waals surface area contributed by atoms with Crippen LogP contribution in [0.25, 0.3) is 11.8 Å². The van der Waals surface area contributed by atoms with Crippen molar-refractivity contribution in [3.8, 4) is 17.6 Å². The molecule has 0 saturated heterocycles. The Morgan fingerprint density at radius 1 is 1.11 bits per heavy atom. The van der Waals surface area contributed by atoms with Crippen molar-refractivity contribution in [2.75, 3.05) is 13.2 Å². The Balaban J connectivity index is 1.88. The van der Waals surface area contributed by atoms with E-state index in [4.69, 9.17) is 19.5 Å². The first-order valence-corrected chi connectivity index (χ1v) is 8.60. The van der Waals surface area contributed by atoms with Gasteiger partial charge in [-0.3, -0.25) is 0 Å². The first kappa shape index (κ1) is 18.3. The Labute approximate surface area is 158 Å². The summed E-state index contributed by atoms with van der Waals surface area (Å²) in [6.07, 6.45) is 3.47. The van der Waals surface area contributed by atoms with E-state index in [1.807, 2.05) is 44.2 Å². The largest absolute Gasteiger partial charge is 0.490 e. The molecular weight excluding hydrogens is 342 g/mol. The molecule has 3 rings (SSSR count). The molecule has 27 heavy (non-hydrogen) atoms. The number of carbonyl (C=O) groups excluding carboxylic acids is 1. The van der Waals surface area contributed by atoms with Crippen molar-refractivity contribution < 1.29 is 19.0 Å². The van der Waals surface area contributed by atoms with E-state index in [1.54, 1.807) is 30.4 Å². The SMILES string of the molecule is CCOc1cc(C=C2C=C(c3ccc(C)cc3)OC2=O)ccc1OCC#N. The number of benzene rings is 2. The maximum atomic E-state index is 12.2. The molecule has 0 fully saturated rings. The first-order chi connectivity index (χ1) is 13.1. The van der Waals surface area contributed by atoms with Gasteiger partial charge in [-0.1, -0.05) is 35.9 Å². The third kappa shape index (κ3) is 4.36. The fourth-order valence-corrected chi connectivity index (χ4v) is 2.64. The van der Waals surface area contributed by atoms with Crippen LogP contribution >= 0.6 is 0 Å². The van der Waals surface area contributed by atoms with Gasteiger partial charge in [0.1, 0.15) is 11.8 Å². The first-order valence-electron chi connectivity index (χ1n) is 8.60. The maximum Gasteiger partial charge on any atom is 0.343 e. The van der Waals surface area contributed by atoms with Gasteiger partial charge in [0.15, 0.2) is 18.1 Å². The monoisotopic (exact) mass is 361 g/mol. The van der Waals surface area contributed by atoms with Crippen molar-refractivity contribution >= 4 is 17.8 Å². The van der Waals surface area contributed by atoms with Crippen LogP contribution in [0.3, 0.4) is 0 Å². The number of ether oxygens (including phenoxy) is 3. The third-order valence-corrected chi connectivity index (χ3v) is 3.94. The van der Waals surface area contributed by atoms with Gasteiger partial charge in [-0.15, -0.1) is 0 Å². The van der Waals surface area contributed by atoms with Gasteiger partial charge in [0.05, 0.1) is 12.2 Å². The minimum absolute atomic E-state index is 0.0600. The number of carbonyl (C=O) groups is 1. The van der Waals surface area contributed by atoms with Crippen molar-refractivity contribution in [3.05, 3.63) is 70.8 Å². The summed E-state index contributed by atoms with van der Waals surface area (Å²) in [5.74, 6) is 1.15. The number of hydrogen-bond donors (Lipinski definition) is 0. The van der Waals surface area contributed by atoms with E-state index < -0.39 is 5.97 Å². The summed E-state index contributed by atoms with van der Waals surface area (Å²) in [6.45, 7) is 4.27. The standard InChI is InChI=1S/C22H19NO4/c1-3-25-21-13-16(6-9-19(21)26-11-10-23)12-18-14-20(27-22(18)24)17-7-4-15(2)5-8-17/h4-9,12-14H,3,11H2,1-2H3. The zero-order valence-electron chi connectivity index (χ0n) is 15.2. The molecule has 0 N–H and O–H groups in total. The summed E-state index contributed by atoms with van der Waals surface area (Å²) in [7, 11) is 0. The van der Waals surface area contributed by atoms with E-state index in [9.17, 15) is 4.79 Å². The maximum absolute atomic E-state index is 12.2. The molecule has 0 bridgehead atoms. The van der Waals surface area contributed by atoms with Gasteiger partial charge in [0, 0.05) is 5.56 Å². The average molecular weight is 361 g/mol. The highest BCUT2D eigenvalue weighted by molar-refractivity contribution is 6.05. The van der Waals surface area contributed by atoms with Crippen LogP contribution in [-0.4, -0.2) is 19.2 Å². The molecule has 2 aromatic carbocycles. The van der Waals surface area contributed by atoms with E-state index in [0.717, 1.165) is 16.7 Å². The van der Waals surface area contributed by atoms with Crippen LogP contribution in [0.1, 0.15) is 23.6 Å². The summed E-state index contributed by atoms with van der Waals surface area (Å²) in [4.78, 5) is 12.2. The van der Waals surface area contributed by atoms with Crippen LogP contribution in [0, 0.1) is 18.3 Å². The zero-order valence-corrected chi connectivity index (χ0v) is 15.2. The fourth-order valence-electron chi connectivity index (χ4n) is 2.64. The summed E-state index contributed by atoms with van der Waals surface area (Å²) >= 11 is 0. The number of nitrogens with zero attached hydrogens (tertiary/aromatic N) is 1. The van der Waals surface area contributed by atoms with Gasteiger partial charge in [-0.05, 0) is 43.7 Å². The van der Waals surface area contributed by atoms with Crippen LogP contribution in [0.5, 0.6) is 11.5 Å². The summed E-state index contributed by atoms with van der Waals surface area (Å²) in [5, 5.41) is 8.67. The molecule has 0 spiro atoms. The molecule has 5 nitrogen and oxygen atoms in total. The molecular formula is C22H19NO4. The van der Waals surface area contributed by atoms with Crippen LogP contribution in [0.15, 0.2) is 54.1 Å². The van der Waals surface area contributed by atoms with Crippen molar-refractivity contribution in [1.82, 2.24) is 0 Å². The Bertz CT molecular complexity index is 949. The number of cyclic esters (lactones) is 1. The highest BCUT2D eigenvalue weighted by Crippen LogP contribution is 2.31. The van der Waals surface area contributed by atoms with Crippen LogP contribution in [-0.2, 0) is 9.53 Å². The van der Waals surface area contributed by atoms with E-state index in [2.05, 4.69) is 0 Å². The minimum Gasteiger partial charge on any atom is -0.490 e. The van der Waals surface area contributed by atoms with E-state index in [0.29, 0.717) is 29.4 Å². The zero-order chi connectivity index (χ0) is 19.2. The minimum atomic E-state index is -0.395. The van der Waals surface area contributed by atoms with Gasteiger partial charge in [-0.2, -0.15) is 5.26 Å².